The number of aryl methyl sites for hydroxylation is 1. The van der Waals surface area contributed by atoms with Crippen LogP contribution in [-0.4, -0.2) is 32.3 Å². The van der Waals surface area contributed by atoms with Gasteiger partial charge in [0.05, 0.1) is 17.6 Å². The van der Waals surface area contributed by atoms with Crippen molar-refractivity contribution in [2.45, 2.75) is 25.8 Å². The molecule has 1 heterocycles. The average molecular weight is 283 g/mol. The molecule has 5 nitrogen and oxygen atoms in total. The van der Waals surface area contributed by atoms with E-state index >= 15 is 0 Å². The van der Waals surface area contributed by atoms with Crippen molar-refractivity contribution < 1.29 is 15.0 Å². The maximum atomic E-state index is 10.5. The zero-order chi connectivity index (χ0) is 13.8. The summed E-state index contributed by atoms with van der Waals surface area (Å²) in [6, 6.07) is 5.41. The van der Waals surface area contributed by atoms with Gasteiger partial charge in [0.15, 0.2) is 0 Å². The molecule has 2 rings (SSSR count). The fraction of sp³-hybridized carbons (Fsp3) is 0.385. The third kappa shape index (κ3) is 3.24. The Labute approximate surface area is 115 Å². The van der Waals surface area contributed by atoms with E-state index in [1.165, 1.54) is 0 Å². The summed E-state index contributed by atoms with van der Waals surface area (Å²) in [7, 11) is 0. The van der Waals surface area contributed by atoms with Crippen molar-refractivity contribution in [2.24, 2.45) is 0 Å². The van der Waals surface area contributed by atoms with Gasteiger partial charge in [0, 0.05) is 24.4 Å². The number of aliphatic carboxylic acids is 1. The molecule has 0 unspecified atom stereocenters. The highest BCUT2D eigenvalue weighted by Crippen LogP contribution is 2.21. The van der Waals surface area contributed by atoms with Crippen LogP contribution in [0.25, 0.3) is 11.0 Å². The number of hydrogen-bond donors (Lipinski definition) is 2. The first-order valence-electron chi connectivity index (χ1n) is 6.09. The second-order valence-corrected chi connectivity index (χ2v) is 4.72. The second kappa shape index (κ2) is 6.04. The highest BCUT2D eigenvalue weighted by atomic mass is 35.5. The number of carboxylic acid groups (broad SMARTS) is 1. The maximum Gasteiger partial charge on any atom is 0.303 e. The Morgan fingerprint density at radius 3 is 2.89 bits per heavy atom. The highest BCUT2D eigenvalue weighted by molar-refractivity contribution is 6.31. The van der Waals surface area contributed by atoms with Crippen LogP contribution in [0.4, 0.5) is 0 Å². The Morgan fingerprint density at radius 2 is 2.21 bits per heavy atom. The summed E-state index contributed by atoms with van der Waals surface area (Å²) in [6.07, 6.45) is 1.21. The fourth-order valence-electron chi connectivity index (χ4n) is 2.09. The first kappa shape index (κ1) is 13.8. The van der Waals surface area contributed by atoms with E-state index in [1.807, 2.05) is 10.6 Å². The molecule has 0 radical (unpaired) electrons. The lowest BCUT2D eigenvalue weighted by Gasteiger charge is -2.06. The van der Waals surface area contributed by atoms with Gasteiger partial charge < -0.3 is 14.8 Å². The Bertz CT molecular complexity index is 595. The molecule has 0 saturated heterocycles. The molecular formula is C13H15ClN2O3. The lowest BCUT2D eigenvalue weighted by atomic mass is 10.2. The van der Waals surface area contributed by atoms with Gasteiger partial charge in [0.2, 0.25) is 0 Å². The van der Waals surface area contributed by atoms with Crippen LogP contribution in [0, 0.1) is 0 Å². The number of fused-ring (bicyclic) bond motifs is 1. The van der Waals surface area contributed by atoms with Crippen LogP contribution in [-0.2, 0) is 17.8 Å². The van der Waals surface area contributed by atoms with Crippen molar-refractivity contribution in [1.82, 2.24) is 9.55 Å². The second-order valence-electron chi connectivity index (χ2n) is 4.28. The zero-order valence-corrected chi connectivity index (χ0v) is 11.1. The molecule has 0 aliphatic heterocycles. The van der Waals surface area contributed by atoms with Gasteiger partial charge in [-0.2, -0.15) is 0 Å². The summed E-state index contributed by atoms with van der Waals surface area (Å²) >= 11 is 5.93. The van der Waals surface area contributed by atoms with E-state index in [-0.39, 0.29) is 13.0 Å². The van der Waals surface area contributed by atoms with Crippen LogP contribution in [0.3, 0.4) is 0 Å². The first-order valence-corrected chi connectivity index (χ1v) is 6.47. The lowest BCUT2D eigenvalue weighted by molar-refractivity contribution is -0.137. The van der Waals surface area contributed by atoms with Crippen LogP contribution >= 0.6 is 11.6 Å². The molecule has 0 fully saturated rings. The molecule has 0 spiro atoms. The van der Waals surface area contributed by atoms with Gasteiger partial charge in [0.1, 0.15) is 5.82 Å². The Hall–Kier alpha value is -1.59. The molecule has 19 heavy (non-hydrogen) atoms. The van der Waals surface area contributed by atoms with Crippen LogP contribution in [0.15, 0.2) is 18.2 Å². The number of rotatable bonds is 6. The molecule has 1 aromatic heterocycles. The number of aromatic nitrogens is 2. The summed E-state index contributed by atoms with van der Waals surface area (Å²) in [5, 5.41) is 18.4. The van der Waals surface area contributed by atoms with E-state index in [0.29, 0.717) is 24.4 Å². The van der Waals surface area contributed by atoms with Gasteiger partial charge in [0.25, 0.3) is 0 Å². The average Bonchev–Trinajstić information content (AvgIpc) is 2.67. The number of imidazole rings is 1. The quantitative estimate of drug-likeness (QED) is 0.851. The lowest BCUT2D eigenvalue weighted by Crippen LogP contribution is -2.07. The molecule has 6 heteroatoms. The van der Waals surface area contributed by atoms with Gasteiger partial charge in [-0.15, -0.1) is 0 Å². The zero-order valence-electron chi connectivity index (χ0n) is 10.3. The van der Waals surface area contributed by atoms with Crippen molar-refractivity contribution in [1.29, 1.82) is 0 Å². The molecule has 0 aliphatic carbocycles. The van der Waals surface area contributed by atoms with Crippen LogP contribution in [0.5, 0.6) is 0 Å². The predicted molar refractivity (Wildman–Crippen MR) is 72.4 cm³/mol. The first-order chi connectivity index (χ1) is 9.11. The minimum atomic E-state index is -0.812. The molecular weight excluding hydrogens is 268 g/mol. The minimum absolute atomic E-state index is 0.0139. The monoisotopic (exact) mass is 282 g/mol. The predicted octanol–water partition coefficient (Wildman–Crippen LogP) is 2.09. The fourth-order valence-corrected chi connectivity index (χ4v) is 2.26. The standard InChI is InChI=1S/C13H15ClN2O3/c14-9-4-5-11-10(8-9)15-12(16(11)6-7-17)2-1-3-13(18)19/h4-5,8,17H,1-3,6-7H2,(H,18,19). The Balaban J connectivity index is 2.30. The number of aliphatic hydroxyl groups is 1. The minimum Gasteiger partial charge on any atom is -0.481 e. The van der Waals surface area contributed by atoms with Gasteiger partial charge in [-0.3, -0.25) is 4.79 Å². The van der Waals surface area contributed by atoms with Gasteiger partial charge in [-0.25, -0.2) is 4.98 Å². The Kier molecular flexibility index (Phi) is 4.39. The molecule has 2 N–H and O–H groups in total. The number of carbonyl (C=O) groups is 1. The molecule has 0 atom stereocenters. The number of nitrogens with zero attached hydrogens (tertiary/aromatic N) is 2. The van der Waals surface area contributed by atoms with Crippen LogP contribution in [0.1, 0.15) is 18.7 Å². The molecule has 102 valence electrons. The number of benzene rings is 1. The van der Waals surface area contributed by atoms with E-state index in [4.69, 9.17) is 21.8 Å². The summed E-state index contributed by atoms with van der Waals surface area (Å²) in [6.45, 7) is 0.459. The molecule has 1 aromatic carbocycles. The smallest absolute Gasteiger partial charge is 0.303 e. The Morgan fingerprint density at radius 1 is 1.42 bits per heavy atom. The number of halogens is 1. The molecule has 0 saturated carbocycles. The van der Waals surface area contributed by atoms with Crippen molar-refractivity contribution in [3.8, 4) is 0 Å². The van der Waals surface area contributed by atoms with E-state index < -0.39 is 5.97 Å². The summed E-state index contributed by atoms with van der Waals surface area (Å²) in [5.41, 5.74) is 1.68. The van der Waals surface area contributed by atoms with E-state index in [2.05, 4.69) is 4.98 Å². The molecule has 0 aliphatic rings. The summed E-state index contributed by atoms with van der Waals surface area (Å²) < 4.78 is 1.91. The van der Waals surface area contributed by atoms with Gasteiger partial charge in [-0.05, 0) is 24.6 Å². The third-order valence-electron chi connectivity index (χ3n) is 2.90. The van der Waals surface area contributed by atoms with Crippen molar-refractivity contribution in [3.05, 3.63) is 29.0 Å². The van der Waals surface area contributed by atoms with Gasteiger partial charge >= 0.3 is 5.97 Å². The largest absolute Gasteiger partial charge is 0.481 e. The molecule has 0 amide bonds. The van der Waals surface area contributed by atoms with E-state index in [9.17, 15) is 4.79 Å². The number of carboxylic acids is 1. The summed E-state index contributed by atoms with van der Waals surface area (Å²) in [4.78, 5) is 15.0. The van der Waals surface area contributed by atoms with E-state index in [1.54, 1.807) is 12.1 Å². The third-order valence-corrected chi connectivity index (χ3v) is 3.14. The summed E-state index contributed by atoms with van der Waals surface area (Å²) in [5.74, 6) is -0.0274. The van der Waals surface area contributed by atoms with Crippen LogP contribution in [0.2, 0.25) is 5.02 Å². The SMILES string of the molecule is O=C(O)CCCc1nc2cc(Cl)ccc2n1CCO. The maximum absolute atomic E-state index is 10.5. The van der Waals surface area contributed by atoms with Crippen LogP contribution < -0.4 is 0 Å². The van der Waals surface area contributed by atoms with Crippen molar-refractivity contribution in [2.75, 3.05) is 6.61 Å². The normalized spacial score (nSPS) is 11.1. The number of aliphatic hydroxyl groups excluding tert-OH is 1. The van der Waals surface area contributed by atoms with Crippen molar-refractivity contribution >= 4 is 28.6 Å². The van der Waals surface area contributed by atoms with E-state index in [0.717, 1.165) is 16.9 Å². The highest BCUT2D eigenvalue weighted by Gasteiger charge is 2.11. The number of hydrogen-bond acceptors (Lipinski definition) is 3. The topological polar surface area (TPSA) is 75.3 Å². The molecule has 2 aromatic rings. The molecule has 0 bridgehead atoms. The van der Waals surface area contributed by atoms with Gasteiger partial charge in [-0.1, -0.05) is 11.6 Å². The van der Waals surface area contributed by atoms with Crippen molar-refractivity contribution in [3.63, 3.8) is 0 Å².